The molecule has 0 heterocycles. The van der Waals surface area contributed by atoms with E-state index in [1.807, 2.05) is 18.2 Å². The monoisotopic (exact) mass is 252 g/mol. The highest BCUT2D eigenvalue weighted by Crippen LogP contribution is 2.29. The van der Waals surface area contributed by atoms with Crippen molar-refractivity contribution < 1.29 is 0 Å². The topological polar surface area (TPSA) is 38.0 Å². The molecule has 2 nitrogen and oxygen atoms in total. The van der Waals surface area contributed by atoms with Gasteiger partial charge in [0.05, 0.1) is 0 Å². The van der Waals surface area contributed by atoms with Gasteiger partial charge in [0.15, 0.2) is 0 Å². The first-order chi connectivity index (χ1) is 8.22. The molecule has 1 fully saturated rings. The van der Waals surface area contributed by atoms with Crippen molar-refractivity contribution in [3.8, 4) is 0 Å². The number of benzene rings is 1. The third-order valence-corrected chi connectivity index (χ3v) is 4.14. The second-order valence-electron chi connectivity index (χ2n) is 4.94. The third kappa shape index (κ3) is 3.01. The van der Waals surface area contributed by atoms with Crippen LogP contribution < -0.4 is 11.1 Å². The Morgan fingerprint density at radius 2 is 2.18 bits per heavy atom. The fraction of sp³-hybridized carbons (Fsp3) is 0.571. The third-order valence-electron chi connectivity index (χ3n) is 3.80. The number of hydrogen-bond donors (Lipinski definition) is 2. The molecule has 3 N–H and O–H groups in total. The summed E-state index contributed by atoms with van der Waals surface area (Å²) < 4.78 is 0. The van der Waals surface area contributed by atoms with Gasteiger partial charge in [0.1, 0.15) is 0 Å². The molecule has 3 heteroatoms. The maximum absolute atomic E-state index is 6.21. The molecule has 3 atom stereocenters. The van der Waals surface area contributed by atoms with E-state index in [9.17, 15) is 0 Å². The zero-order chi connectivity index (χ0) is 12.3. The maximum atomic E-state index is 6.21. The Bertz CT molecular complexity index is 367. The summed E-state index contributed by atoms with van der Waals surface area (Å²) in [6.45, 7) is 2.96. The van der Waals surface area contributed by atoms with E-state index in [0.717, 1.165) is 11.6 Å². The molecule has 0 aliphatic heterocycles. The van der Waals surface area contributed by atoms with Crippen molar-refractivity contribution in [2.24, 2.45) is 11.7 Å². The molecule has 1 saturated carbocycles. The van der Waals surface area contributed by atoms with Crippen molar-refractivity contribution in [2.75, 3.05) is 6.54 Å². The zero-order valence-electron chi connectivity index (χ0n) is 10.3. The first-order valence-corrected chi connectivity index (χ1v) is 6.80. The van der Waals surface area contributed by atoms with Crippen LogP contribution in [0.1, 0.15) is 37.8 Å². The highest BCUT2D eigenvalue weighted by molar-refractivity contribution is 6.31. The van der Waals surface area contributed by atoms with E-state index >= 15 is 0 Å². The van der Waals surface area contributed by atoms with Gasteiger partial charge in [-0.1, -0.05) is 36.2 Å². The lowest BCUT2D eigenvalue weighted by Gasteiger charge is -2.25. The Kier molecular flexibility index (Phi) is 4.43. The Morgan fingerprint density at radius 3 is 2.88 bits per heavy atom. The number of hydrogen-bond acceptors (Lipinski definition) is 2. The van der Waals surface area contributed by atoms with Crippen molar-refractivity contribution in [1.29, 1.82) is 0 Å². The molecule has 0 bridgehead atoms. The van der Waals surface area contributed by atoms with E-state index < -0.39 is 0 Å². The van der Waals surface area contributed by atoms with Crippen molar-refractivity contribution in [1.82, 2.24) is 5.32 Å². The Hall–Kier alpha value is -0.570. The first-order valence-electron chi connectivity index (χ1n) is 6.43. The minimum Gasteiger partial charge on any atom is -0.330 e. The summed E-state index contributed by atoms with van der Waals surface area (Å²) in [5.41, 5.74) is 6.98. The van der Waals surface area contributed by atoms with Crippen LogP contribution in [0.5, 0.6) is 0 Å². The van der Waals surface area contributed by atoms with Gasteiger partial charge in [-0.15, -0.1) is 0 Å². The van der Waals surface area contributed by atoms with Crippen molar-refractivity contribution in [2.45, 2.75) is 38.3 Å². The molecule has 1 aliphatic rings. The van der Waals surface area contributed by atoms with Crippen molar-refractivity contribution >= 4 is 11.6 Å². The van der Waals surface area contributed by atoms with Crippen LogP contribution in [0.4, 0.5) is 0 Å². The van der Waals surface area contributed by atoms with Crippen LogP contribution >= 0.6 is 11.6 Å². The SMILES string of the molecule is CC(NC1CCCC1CN)c1ccccc1Cl. The predicted octanol–water partition coefficient (Wildman–Crippen LogP) is 3.12. The summed E-state index contributed by atoms with van der Waals surface area (Å²) in [7, 11) is 0. The average molecular weight is 253 g/mol. The van der Waals surface area contributed by atoms with Gasteiger partial charge in [0.25, 0.3) is 0 Å². The second kappa shape index (κ2) is 5.85. The summed E-state index contributed by atoms with van der Waals surface area (Å²) in [4.78, 5) is 0. The Morgan fingerprint density at radius 1 is 1.41 bits per heavy atom. The summed E-state index contributed by atoms with van der Waals surface area (Å²) >= 11 is 6.21. The van der Waals surface area contributed by atoms with E-state index in [-0.39, 0.29) is 0 Å². The van der Waals surface area contributed by atoms with Gasteiger partial charge in [-0.3, -0.25) is 0 Å². The van der Waals surface area contributed by atoms with Crippen LogP contribution in [0, 0.1) is 5.92 Å². The lowest BCUT2D eigenvalue weighted by atomic mass is 10.0. The molecule has 0 aromatic heterocycles. The van der Waals surface area contributed by atoms with Crippen LogP contribution in [0.15, 0.2) is 24.3 Å². The molecule has 1 aromatic rings. The molecule has 3 unspecified atom stereocenters. The molecular formula is C14H21ClN2. The minimum atomic E-state index is 0.292. The van der Waals surface area contributed by atoms with E-state index in [1.165, 1.54) is 24.8 Å². The van der Waals surface area contributed by atoms with Gasteiger partial charge in [-0.25, -0.2) is 0 Å². The maximum Gasteiger partial charge on any atom is 0.0453 e. The summed E-state index contributed by atoms with van der Waals surface area (Å²) in [5.74, 6) is 0.625. The van der Waals surface area contributed by atoms with E-state index in [0.29, 0.717) is 18.0 Å². The summed E-state index contributed by atoms with van der Waals surface area (Å²) in [6.07, 6.45) is 3.77. The lowest BCUT2D eigenvalue weighted by molar-refractivity contribution is 0.374. The molecule has 17 heavy (non-hydrogen) atoms. The fourth-order valence-electron chi connectivity index (χ4n) is 2.78. The first kappa shape index (κ1) is 12.9. The van der Waals surface area contributed by atoms with Crippen LogP contribution in [-0.4, -0.2) is 12.6 Å². The van der Waals surface area contributed by atoms with Gasteiger partial charge in [0, 0.05) is 17.1 Å². The van der Waals surface area contributed by atoms with E-state index in [4.69, 9.17) is 17.3 Å². The molecular weight excluding hydrogens is 232 g/mol. The van der Waals surface area contributed by atoms with Gasteiger partial charge in [-0.05, 0) is 43.9 Å². The quantitative estimate of drug-likeness (QED) is 0.864. The summed E-state index contributed by atoms with van der Waals surface area (Å²) in [6, 6.07) is 8.88. The standard InChI is InChI=1S/C14H21ClN2/c1-10(12-6-2-3-7-13(12)15)17-14-8-4-5-11(14)9-16/h2-3,6-7,10-11,14,17H,4-5,8-9,16H2,1H3. The number of nitrogens with one attached hydrogen (secondary N) is 1. The number of rotatable bonds is 4. The highest BCUT2D eigenvalue weighted by atomic mass is 35.5. The highest BCUT2D eigenvalue weighted by Gasteiger charge is 2.27. The molecule has 1 aliphatic carbocycles. The molecule has 1 aromatic carbocycles. The molecule has 2 rings (SSSR count). The second-order valence-corrected chi connectivity index (χ2v) is 5.35. The molecule has 0 radical (unpaired) electrons. The normalized spacial score (nSPS) is 26.1. The molecule has 0 spiro atoms. The van der Waals surface area contributed by atoms with Crippen molar-refractivity contribution in [3.05, 3.63) is 34.9 Å². The number of nitrogens with two attached hydrogens (primary N) is 1. The largest absolute Gasteiger partial charge is 0.330 e. The minimum absolute atomic E-state index is 0.292. The molecule has 94 valence electrons. The molecule has 0 amide bonds. The average Bonchev–Trinajstić information content (AvgIpc) is 2.76. The van der Waals surface area contributed by atoms with Crippen LogP contribution in [-0.2, 0) is 0 Å². The van der Waals surface area contributed by atoms with Gasteiger partial charge in [0.2, 0.25) is 0 Å². The van der Waals surface area contributed by atoms with E-state index in [2.05, 4.69) is 18.3 Å². The Balaban J connectivity index is 2.01. The van der Waals surface area contributed by atoms with Crippen LogP contribution in [0.25, 0.3) is 0 Å². The lowest BCUT2D eigenvalue weighted by Crippen LogP contribution is -2.37. The smallest absolute Gasteiger partial charge is 0.0453 e. The summed E-state index contributed by atoms with van der Waals surface area (Å²) in [5, 5.41) is 4.51. The predicted molar refractivity (Wildman–Crippen MR) is 73.2 cm³/mol. The number of halogens is 1. The molecule has 0 saturated heterocycles. The van der Waals surface area contributed by atoms with Crippen LogP contribution in [0.2, 0.25) is 5.02 Å². The fourth-order valence-corrected chi connectivity index (χ4v) is 3.07. The van der Waals surface area contributed by atoms with Gasteiger partial charge < -0.3 is 11.1 Å². The van der Waals surface area contributed by atoms with Crippen LogP contribution in [0.3, 0.4) is 0 Å². The van der Waals surface area contributed by atoms with E-state index in [1.54, 1.807) is 0 Å². The zero-order valence-corrected chi connectivity index (χ0v) is 11.1. The van der Waals surface area contributed by atoms with Crippen molar-refractivity contribution in [3.63, 3.8) is 0 Å². The van der Waals surface area contributed by atoms with Gasteiger partial charge >= 0.3 is 0 Å². The Labute approximate surface area is 109 Å². The van der Waals surface area contributed by atoms with Gasteiger partial charge in [-0.2, -0.15) is 0 Å².